The lowest BCUT2D eigenvalue weighted by molar-refractivity contribution is 0.0784. The summed E-state index contributed by atoms with van der Waals surface area (Å²) in [5.41, 5.74) is 2.47. The molecule has 8 nitrogen and oxygen atoms in total. The highest BCUT2D eigenvalue weighted by Gasteiger charge is 2.35. The van der Waals surface area contributed by atoms with Crippen LogP contribution in [-0.4, -0.2) is 48.5 Å². The lowest BCUT2D eigenvalue weighted by atomic mass is 10.0. The Balaban J connectivity index is 1.65. The molecule has 196 valence electrons. The lowest BCUT2D eigenvalue weighted by Gasteiger charge is -2.21. The van der Waals surface area contributed by atoms with Crippen molar-refractivity contribution < 1.29 is 14.3 Å². The molecule has 1 aliphatic rings. The summed E-state index contributed by atoms with van der Waals surface area (Å²) in [6.07, 6.45) is 3.32. The van der Waals surface area contributed by atoms with Gasteiger partial charge < -0.3 is 10.0 Å². The van der Waals surface area contributed by atoms with Crippen LogP contribution in [0.4, 0.5) is 4.39 Å². The van der Waals surface area contributed by atoms with E-state index in [0.29, 0.717) is 42.2 Å². The van der Waals surface area contributed by atoms with Crippen LogP contribution in [0.15, 0.2) is 46.7 Å². The summed E-state index contributed by atoms with van der Waals surface area (Å²) >= 11 is 1.31. The number of hydrogen-bond donors (Lipinski definition) is 1. The maximum absolute atomic E-state index is 14.3. The minimum Gasteiger partial charge on any atom is -0.493 e. The second-order valence-electron chi connectivity index (χ2n) is 9.31. The molecule has 1 atom stereocenters. The van der Waals surface area contributed by atoms with Gasteiger partial charge in [0.05, 0.1) is 11.4 Å². The number of aryl methyl sites for hydroxylation is 3. The molecule has 1 fully saturated rings. The smallest absolute Gasteiger partial charge is 0.275 e. The zero-order valence-corrected chi connectivity index (χ0v) is 22.3. The van der Waals surface area contributed by atoms with E-state index in [1.54, 1.807) is 0 Å². The standard InChI is InChI=1S/C28H28FN5O3S/c1-4-17-8-6-9-18(5-2)23(17)34-24(26-31-16(3)15-38-26)32-25(35)21(28(34)37)27(36)33-13-11-19(14-33)22-20(29)10-7-12-30-22/h6-10,12,15,19,35H,4-5,11,13-14H2,1-3H3. The fraction of sp³-hybridized carbons (Fsp3) is 0.321. The molecule has 1 saturated heterocycles. The van der Waals surface area contributed by atoms with E-state index in [2.05, 4.69) is 15.0 Å². The quantitative estimate of drug-likeness (QED) is 0.387. The molecule has 3 aromatic heterocycles. The fourth-order valence-corrected chi connectivity index (χ4v) is 5.81. The van der Waals surface area contributed by atoms with Crippen molar-refractivity contribution in [3.05, 3.63) is 86.2 Å². The first-order valence-electron chi connectivity index (χ1n) is 12.6. The average Bonchev–Trinajstić information content (AvgIpc) is 3.58. The van der Waals surface area contributed by atoms with Crippen molar-refractivity contribution in [2.45, 2.75) is 46.0 Å². The summed E-state index contributed by atoms with van der Waals surface area (Å²) in [5.74, 6) is -1.82. The van der Waals surface area contributed by atoms with Crippen LogP contribution in [0, 0.1) is 12.7 Å². The molecule has 1 N–H and O–H groups in total. The van der Waals surface area contributed by atoms with Gasteiger partial charge in [-0.15, -0.1) is 11.3 Å². The maximum Gasteiger partial charge on any atom is 0.275 e. The summed E-state index contributed by atoms with van der Waals surface area (Å²) < 4.78 is 15.8. The number of amides is 1. The largest absolute Gasteiger partial charge is 0.493 e. The number of pyridine rings is 1. The molecule has 1 aromatic carbocycles. The SMILES string of the molecule is CCc1cccc(CC)c1-n1c(-c2nc(C)cs2)nc(O)c(C(=O)N2CCC(c3ncccc3F)C2)c1=O. The molecule has 0 saturated carbocycles. The number of likely N-dealkylation sites (tertiary alicyclic amines) is 1. The normalized spacial score (nSPS) is 15.3. The molecule has 0 radical (unpaired) electrons. The molecule has 5 rings (SSSR count). The number of aromatic hydroxyl groups is 1. The fourth-order valence-electron chi connectivity index (χ4n) is 5.03. The van der Waals surface area contributed by atoms with Crippen molar-refractivity contribution in [3.63, 3.8) is 0 Å². The first-order valence-corrected chi connectivity index (χ1v) is 13.5. The van der Waals surface area contributed by atoms with Crippen molar-refractivity contribution in [2.75, 3.05) is 13.1 Å². The first kappa shape index (κ1) is 25.7. The topological polar surface area (TPSA) is 101 Å². The third kappa shape index (κ3) is 4.49. The molecule has 4 heterocycles. The molecule has 4 aromatic rings. The Morgan fingerprint density at radius 2 is 1.89 bits per heavy atom. The van der Waals surface area contributed by atoms with Crippen LogP contribution in [0.1, 0.15) is 59.1 Å². The van der Waals surface area contributed by atoms with E-state index in [9.17, 15) is 19.1 Å². The molecule has 38 heavy (non-hydrogen) atoms. The Bertz CT molecular complexity index is 1560. The molecule has 0 bridgehead atoms. The number of nitrogens with zero attached hydrogens (tertiary/aromatic N) is 5. The van der Waals surface area contributed by atoms with Crippen LogP contribution in [0.2, 0.25) is 0 Å². The molecule has 0 spiro atoms. The number of benzene rings is 1. The van der Waals surface area contributed by atoms with Gasteiger partial charge in [0.15, 0.2) is 16.4 Å². The van der Waals surface area contributed by atoms with Gasteiger partial charge in [0, 0.05) is 36.3 Å². The predicted molar refractivity (Wildman–Crippen MR) is 144 cm³/mol. The van der Waals surface area contributed by atoms with E-state index in [-0.39, 0.29) is 18.3 Å². The number of hydrogen-bond acceptors (Lipinski definition) is 7. The Morgan fingerprint density at radius 1 is 1.16 bits per heavy atom. The van der Waals surface area contributed by atoms with Crippen molar-refractivity contribution in [2.24, 2.45) is 0 Å². The number of carbonyl (C=O) groups is 1. The van der Waals surface area contributed by atoms with Crippen molar-refractivity contribution in [1.82, 2.24) is 24.4 Å². The highest BCUT2D eigenvalue weighted by molar-refractivity contribution is 7.13. The zero-order valence-electron chi connectivity index (χ0n) is 21.4. The average molecular weight is 534 g/mol. The minimum atomic E-state index is -0.659. The van der Waals surface area contributed by atoms with Gasteiger partial charge in [0.25, 0.3) is 11.5 Å². The number of aromatic nitrogens is 4. The lowest BCUT2D eigenvalue weighted by Crippen LogP contribution is -2.36. The summed E-state index contributed by atoms with van der Waals surface area (Å²) in [6, 6.07) is 8.70. The second-order valence-corrected chi connectivity index (χ2v) is 10.2. The van der Waals surface area contributed by atoms with Crippen LogP contribution >= 0.6 is 11.3 Å². The van der Waals surface area contributed by atoms with Crippen molar-refractivity contribution in [3.8, 4) is 22.4 Å². The van der Waals surface area contributed by atoms with E-state index >= 15 is 0 Å². The molecule has 1 unspecified atom stereocenters. The van der Waals surface area contributed by atoms with E-state index < -0.39 is 28.7 Å². The highest BCUT2D eigenvalue weighted by Crippen LogP contribution is 2.32. The van der Waals surface area contributed by atoms with Crippen LogP contribution in [0.5, 0.6) is 5.88 Å². The first-order chi connectivity index (χ1) is 18.3. The molecular weight excluding hydrogens is 505 g/mol. The second kappa shape index (κ2) is 10.4. The summed E-state index contributed by atoms with van der Waals surface area (Å²) in [4.78, 5) is 42.3. The van der Waals surface area contributed by atoms with Gasteiger partial charge in [0.2, 0.25) is 5.88 Å². The number of para-hydroxylation sites is 1. The van der Waals surface area contributed by atoms with Gasteiger partial charge in [-0.2, -0.15) is 4.98 Å². The van der Waals surface area contributed by atoms with Gasteiger partial charge in [-0.25, -0.2) is 9.37 Å². The van der Waals surface area contributed by atoms with Gasteiger partial charge in [0.1, 0.15) is 5.82 Å². The summed E-state index contributed by atoms with van der Waals surface area (Å²) in [7, 11) is 0. The maximum atomic E-state index is 14.3. The Hall–Kier alpha value is -3.92. The van der Waals surface area contributed by atoms with Gasteiger partial charge in [-0.1, -0.05) is 32.0 Å². The van der Waals surface area contributed by atoms with Crippen molar-refractivity contribution in [1.29, 1.82) is 0 Å². The molecular formula is C28H28FN5O3S. The Kier molecular flexibility index (Phi) is 7.07. The number of rotatable bonds is 6. The highest BCUT2D eigenvalue weighted by atomic mass is 32.1. The van der Waals surface area contributed by atoms with E-state index in [0.717, 1.165) is 16.8 Å². The van der Waals surface area contributed by atoms with Gasteiger partial charge in [-0.3, -0.25) is 19.1 Å². The van der Waals surface area contributed by atoms with Crippen LogP contribution in [0.3, 0.4) is 0 Å². The third-order valence-corrected chi connectivity index (χ3v) is 7.88. The summed E-state index contributed by atoms with van der Waals surface area (Å²) in [6.45, 7) is 6.32. The van der Waals surface area contributed by atoms with E-state index in [1.807, 2.05) is 44.4 Å². The van der Waals surface area contributed by atoms with E-state index in [4.69, 9.17) is 0 Å². The van der Waals surface area contributed by atoms with Crippen LogP contribution < -0.4 is 5.56 Å². The summed E-state index contributed by atoms with van der Waals surface area (Å²) in [5, 5.41) is 13.3. The molecule has 10 heteroatoms. The number of thiazole rings is 1. The minimum absolute atomic E-state index is 0.185. The number of carbonyl (C=O) groups excluding carboxylic acids is 1. The Morgan fingerprint density at radius 3 is 2.53 bits per heavy atom. The zero-order chi connectivity index (χ0) is 27.0. The van der Waals surface area contributed by atoms with Crippen LogP contribution in [0.25, 0.3) is 16.5 Å². The third-order valence-electron chi connectivity index (χ3n) is 6.93. The molecule has 0 aliphatic carbocycles. The van der Waals surface area contributed by atoms with E-state index in [1.165, 1.54) is 39.1 Å². The van der Waals surface area contributed by atoms with Crippen LogP contribution in [-0.2, 0) is 12.8 Å². The van der Waals surface area contributed by atoms with Gasteiger partial charge >= 0.3 is 0 Å². The van der Waals surface area contributed by atoms with Crippen molar-refractivity contribution >= 4 is 17.2 Å². The monoisotopic (exact) mass is 533 g/mol. The Labute approximate surface area is 223 Å². The predicted octanol–water partition coefficient (Wildman–Crippen LogP) is 4.66. The molecule has 1 amide bonds. The van der Waals surface area contributed by atoms with Gasteiger partial charge in [-0.05, 0) is 49.4 Å². The number of halogens is 1. The molecule has 1 aliphatic heterocycles.